The molecule has 2 unspecified atom stereocenters. The molecule has 1 aromatic rings. The van der Waals surface area contributed by atoms with Crippen molar-refractivity contribution in [2.24, 2.45) is 5.10 Å². The maximum Gasteiger partial charge on any atom is 0.260 e. The third kappa shape index (κ3) is 5.08. The number of nitrogens with zero attached hydrogens (tertiary/aromatic N) is 3. The van der Waals surface area contributed by atoms with Crippen molar-refractivity contribution in [1.82, 2.24) is 15.2 Å². The van der Waals surface area contributed by atoms with E-state index in [-0.39, 0.29) is 17.8 Å². The van der Waals surface area contributed by atoms with Crippen molar-refractivity contribution in [3.8, 4) is 0 Å². The van der Waals surface area contributed by atoms with E-state index in [9.17, 15) is 9.18 Å². The standard InChI is InChI=1S/C26H35FN4O/c1-5-8-13-26(12-7-3)19-24(22-18-21(9-6-2)10-11-23(22)27)29-31(26)25(32)20(4)30-16-14-28-15-17-30/h6-13,18,20,28H,5,14-17,19H2,1-4H3/b9-6?,12-7-,13-8+. The Morgan fingerprint density at radius 3 is 2.66 bits per heavy atom. The minimum absolute atomic E-state index is 0.0641. The van der Waals surface area contributed by atoms with E-state index in [0.717, 1.165) is 38.2 Å². The molecule has 0 saturated carbocycles. The number of amides is 1. The Balaban J connectivity index is 2.04. The molecule has 1 saturated heterocycles. The molecule has 5 nitrogen and oxygen atoms in total. The molecule has 32 heavy (non-hydrogen) atoms. The number of halogens is 1. The van der Waals surface area contributed by atoms with Crippen LogP contribution in [0.5, 0.6) is 0 Å². The molecule has 0 aromatic heterocycles. The number of hydrogen-bond acceptors (Lipinski definition) is 4. The molecule has 1 N–H and O–H groups in total. The summed E-state index contributed by atoms with van der Waals surface area (Å²) in [6.45, 7) is 11.2. The van der Waals surface area contributed by atoms with Crippen LogP contribution in [0.15, 0.2) is 53.7 Å². The highest BCUT2D eigenvalue weighted by Gasteiger charge is 2.45. The minimum Gasteiger partial charge on any atom is -0.314 e. The summed E-state index contributed by atoms with van der Waals surface area (Å²) in [4.78, 5) is 15.9. The number of rotatable bonds is 7. The summed E-state index contributed by atoms with van der Waals surface area (Å²) in [5, 5.41) is 9.67. The molecule has 2 aliphatic rings. The number of benzene rings is 1. The molecule has 1 aromatic carbocycles. The van der Waals surface area contributed by atoms with Crippen LogP contribution in [0.1, 0.15) is 51.7 Å². The van der Waals surface area contributed by atoms with E-state index >= 15 is 0 Å². The molecule has 3 rings (SSSR count). The second-order valence-electron chi connectivity index (χ2n) is 8.38. The molecule has 1 amide bonds. The lowest BCUT2D eigenvalue weighted by molar-refractivity contribution is -0.139. The topological polar surface area (TPSA) is 47.9 Å². The second-order valence-corrected chi connectivity index (χ2v) is 8.38. The van der Waals surface area contributed by atoms with Gasteiger partial charge in [0.05, 0.1) is 11.8 Å². The Kier molecular flexibility index (Phi) is 8.15. The summed E-state index contributed by atoms with van der Waals surface area (Å²) in [6, 6.07) is 4.73. The fourth-order valence-electron chi connectivity index (χ4n) is 4.38. The van der Waals surface area contributed by atoms with Crippen LogP contribution in [0.4, 0.5) is 4.39 Å². The quantitative estimate of drug-likeness (QED) is 0.643. The molecular formula is C26H35FN4O. The predicted molar refractivity (Wildman–Crippen MR) is 130 cm³/mol. The highest BCUT2D eigenvalue weighted by atomic mass is 19.1. The van der Waals surface area contributed by atoms with Crippen LogP contribution in [-0.4, -0.2) is 59.3 Å². The fourth-order valence-corrected chi connectivity index (χ4v) is 4.38. The number of carbonyl (C=O) groups is 1. The van der Waals surface area contributed by atoms with Crippen molar-refractivity contribution < 1.29 is 9.18 Å². The Morgan fingerprint density at radius 1 is 1.25 bits per heavy atom. The van der Waals surface area contributed by atoms with Gasteiger partial charge in [-0.15, -0.1) is 0 Å². The summed E-state index contributed by atoms with van der Waals surface area (Å²) < 4.78 is 14.9. The average molecular weight is 439 g/mol. The van der Waals surface area contributed by atoms with Gasteiger partial charge in [-0.1, -0.05) is 49.4 Å². The van der Waals surface area contributed by atoms with Gasteiger partial charge in [0, 0.05) is 38.2 Å². The van der Waals surface area contributed by atoms with Gasteiger partial charge < -0.3 is 5.32 Å². The Morgan fingerprint density at radius 2 is 2.00 bits per heavy atom. The Hall–Kier alpha value is -2.57. The van der Waals surface area contributed by atoms with Gasteiger partial charge >= 0.3 is 0 Å². The highest BCUT2D eigenvalue weighted by Crippen LogP contribution is 2.35. The van der Waals surface area contributed by atoms with E-state index in [1.165, 1.54) is 6.07 Å². The zero-order chi connectivity index (χ0) is 23.1. The summed E-state index contributed by atoms with van der Waals surface area (Å²) in [7, 11) is 0. The zero-order valence-electron chi connectivity index (χ0n) is 19.6. The molecule has 2 atom stereocenters. The van der Waals surface area contributed by atoms with Crippen LogP contribution < -0.4 is 5.32 Å². The van der Waals surface area contributed by atoms with Crippen molar-refractivity contribution in [1.29, 1.82) is 0 Å². The summed E-state index contributed by atoms with van der Waals surface area (Å²) in [5.41, 5.74) is 1.21. The molecule has 0 aliphatic carbocycles. The molecule has 2 heterocycles. The summed E-state index contributed by atoms with van der Waals surface area (Å²) >= 11 is 0. The smallest absolute Gasteiger partial charge is 0.260 e. The summed E-state index contributed by atoms with van der Waals surface area (Å²) in [6.07, 6.45) is 13.2. The first kappa shape index (κ1) is 24.1. The van der Waals surface area contributed by atoms with Crippen LogP contribution in [0.25, 0.3) is 6.08 Å². The van der Waals surface area contributed by atoms with Gasteiger partial charge in [0.25, 0.3) is 5.91 Å². The van der Waals surface area contributed by atoms with Gasteiger partial charge in [-0.2, -0.15) is 5.10 Å². The van der Waals surface area contributed by atoms with Gasteiger partial charge in [0.2, 0.25) is 0 Å². The molecule has 0 bridgehead atoms. The van der Waals surface area contributed by atoms with E-state index in [0.29, 0.717) is 17.7 Å². The first-order valence-electron chi connectivity index (χ1n) is 11.6. The fraction of sp³-hybridized carbons (Fsp3) is 0.462. The van der Waals surface area contributed by atoms with Gasteiger partial charge in [-0.3, -0.25) is 9.69 Å². The van der Waals surface area contributed by atoms with Crippen molar-refractivity contribution in [2.45, 2.75) is 52.1 Å². The van der Waals surface area contributed by atoms with Crippen LogP contribution in [0, 0.1) is 5.82 Å². The third-order valence-electron chi connectivity index (χ3n) is 6.09. The predicted octanol–water partition coefficient (Wildman–Crippen LogP) is 4.37. The number of carbonyl (C=O) groups excluding carboxylic acids is 1. The zero-order valence-corrected chi connectivity index (χ0v) is 19.6. The molecule has 2 aliphatic heterocycles. The van der Waals surface area contributed by atoms with E-state index < -0.39 is 5.54 Å². The highest BCUT2D eigenvalue weighted by molar-refractivity contribution is 6.05. The maximum atomic E-state index is 14.9. The normalized spacial score (nSPS) is 23.5. The summed E-state index contributed by atoms with van der Waals surface area (Å²) in [5.74, 6) is -0.388. The van der Waals surface area contributed by atoms with E-state index in [2.05, 4.69) is 23.2 Å². The van der Waals surface area contributed by atoms with Gasteiger partial charge in [-0.05, 0) is 44.9 Å². The van der Waals surface area contributed by atoms with Crippen LogP contribution in [0.2, 0.25) is 0 Å². The average Bonchev–Trinajstić information content (AvgIpc) is 3.18. The SMILES string of the molecule is CC=Cc1ccc(F)c(C2=NN(C(=O)C(C)N3CCNCC3)C(/C=C\C)(/C=C/CC)C2)c1. The molecule has 6 heteroatoms. The molecule has 0 radical (unpaired) electrons. The van der Waals surface area contributed by atoms with Gasteiger partial charge in [0.15, 0.2) is 0 Å². The van der Waals surface area contributed by atoms with Gasteiger partial charge in [0.1, 0.15) is 11.4 Å². The minimum atomic E-state index is -0.734. The number of piperazine rings is 1. The van der Waals surface area contributed by atoms with E-state index in [1.807, 2.05) is 57.2 Å². The van der Waals surface area contributed by atoms with Crippen molar-refractivity contribution in [3.63, 3.8) is 0 Å². The molecule has 1 fully saturated rings. The van der Waals surface area contributed by atoms with Gasteiger partial charge in [-0.25, -0.2) is 9.40 Å². The number of allylic oxidation sites excluding steroid dienone is 3. The monoisotopic (exact) mass is 438 g/mol. The van der Waals surface area contributed by atoms with E-state index in [1.54, 1.807) is 11.1 Å². The van der Waals surface area contributed by atoms with Crippen LogP contribution in [0.3, 0.4) is 0 Å². The van der Waals surface area contributed by atoms with Crippen molar-refractivity contribution in [2.75, 3.05) is 26.2 Å². The lowest BCUT2D eigenvalue weighted by atomic mass is 9.88. The van der Waals surface area contributed by atoms with Crippen LogP contribution in [-0.2, 0) is 4.79 Å². The third-order valence-corrected chi connectivity index (χ3v) is 6.09. The maximum absolute atomic E-state index is 14.9. The lowest BCUT2D eigenvalue weighted by Crippen LogP contribution is -2.55. The Bertz CT molecular complexity index is 930. The number of hydrogen-bond donors (Lipinski definition) is 1. The van der Waals surface area contributed by atoms with Crippen molar-refractivity contribution >= 4 is 17.7 Å². The van der Waals surface area contributed by atoms with Crippen molar-refractivity contribution in [3.05, 3.63) is 65.5 Å². The van der Waals surface area contributed by atoms with Crippen LogP contribution >= 0.6 is 0 Å². The number of hydrazone groups is 1. The Labute approximate surface area is 191 Å². The molecule has 172 valence electrons. The second kappa shape index (κ2) is 10.8. The largest absolute Gasteiger partial charge is 0.314 e. The number of nitrogens with one attached hydrogen (secondary N) is 1. The molecular weight excluding hydrogens is 403 g/mol. The van der Waals surface area contributed by atoms with E-state index in [4.69, 9.17) is 5.10 Å². The first-order valence-corrected chi connectivity index (χ1v) is 11.6. The first-order chi connectivity index (χ1) is 15.5. The molecule has 0 spiro atoms. The lowest BCUT2D eigenvalue weighted by Gasteiger charge is -2.37.